The molecule has 1 fully saturated rings. The Hall–Kier alpha value is -0.830. The maximum atomic E-state index is 10.9. The van der Waals surface area contributed by atoms with Gasteiger partial charge in [-0.1, -0.05) is 0 Å². The van der Waals surface area contributed by atoms with E-state index >= 15 is 0 Å². The molecule has 0 aromatic carbocycles. The standard InChI is InChI=1S/C9H14O3/c1-9(2)7(4-5-12-9)6-8(10)11-3/h6H,4-5H2,1-3H3. The molecule has 1 saturated heterocycles. The average Bonchev–Trinajstić information content (AvgIpc) is 2.31. The van der Waals surface area contributed by atoms with Crippen LogP contribution in [0, 0.1) is 0 Å². The Balaban J connectivity index is 2.74. The van der Waals surface area contributed by atoms with E-state index in [0.717, 1.165) is 12.0 Å². The Labute approximate surface area is 72.4 Å². The first-order valence-corrected chi connectivity index (χ1v) is 3.99. The summed E-state index contributed by atoms with van der Waals surface area (Å²) in [5, 5.41) is 0. The molecule has 0 saturated carbocycles. The van der Waals surface area contributed by atoms with Crippen molar-refractivity contribution in [1.29, 1.82) is 0 Å². The molecule has 0 amide bonds. The highest BCUT2D eigenvalue weighted by Gasteiger charge is 2.30. The zero-order valence-electron chi connectivity index (χ0n) is 7.72. The first-order chi connectivity index (χ1) is 5.56. The van der Waals surface area contributed by atoms with Crippen molar-refractivity contribution < 1.29 is 14.3 Å². The highest BCUT2D eigenvalue weighted by molar-refractivity contribution is 5.83. The number of rotatable bonds is 1. The van der Waals surface area contributed by atoms with Crippen LogP contribution in [0.5, 0.6) is 0 Å². The fourth-order valence-corrected chi connectivity index (χ4v) is 1.26. The number of carbonyl (C=O) groups excluding carboxylic acids is 1. The Kier molecular flexibility index (Phi) is 2.52. The SMILES string of the molecule is COC(=O)C=C1CCOC1(C)C. The summed E-state index contributed by atoms with van der Waals surface area (Å²) in [7, 11) is 1.38. The lowest BCUT2D eigenvalue weighted by Gasteiger charge is -2.18. The van der Waals surface area contributed by atoms with E-state index in [2.05, 4.69) is 4.74 Å². The molecular formula is C9H14O3. The highest BCUT2D eigenvalue weighted by Crippen LogP contribution is 2.30. The minimum Gasteiger partial charge on any atom is -0.466 e. The smallest absolute Gasteiger partial charge is 0.330 e. The molecule has 3 nitrogen and oxygen atoms in total. The summed E-state index contributed by atoms with van der Waals surface area (Å²) in [6.07, 6.45) is 2.34. The van der Waals surface area contributed by atoms with Gasteiger partial charge in [-0.2, -0.15) is 0 Å². The van der Waals surface area contributed by atoms with Crippen molar-refractivity contribution in [2.75, 3.05) is 13.7 Å². The Morgan fingerprint density at radius 3 is 2.75 bits per heavy atom. The van der Waals surface area contributed by atoms with Crippen LogP contribution < -0.4 is 0 Å². The van der Waals surface area contributed by atoms with Crippen molar-refractivity contribution in [3.05, 3.63) is 11.6 Å². The van der Waals surface area contributed by atoms with E-state index in [-0.39, 0.29) is 11.6 Å². The van der Waals surface area contributed by atoms with Gasteiger partial charge in [-0.05, 0) is 25.8 Å². The summed E-state index contributed by atoms with van der Waals surface area (Å²) in [4.78, 5) is 10.9. The quantitative estimate of drug-likeness (QED) is 0.439. The van der Waals surface area contributed by atoms with Gasteiger partial charge < -0.3 is 9.47 Å². The van der Waals surface area contributed by atoms with Crippen molar-refractivity contribution in [2.45, 2.75) is 25.9 Å². The third-order valence-electron chi connectivity index (χ3n) is 2.10. The molecule has 0 aliphatic carbocycles. The van der Waals surface area contributed by atoms with Crippen LogP contribution >= 0.6 is 0 Å². The molecule has 0 atom stereocenters. The summed E-state index contributed by atoms with van der Waals surface area (Å²) in [6.45, 7) is 4.60. The monoisotopic (exact) mass is 170 g/mol. The van der Waals surface area contributed by atoms with E-state index in [9.17, 15) is 4.79 Å². The highest BCUT2D eigenvalue weighted by atomic mass is 16.5. The molecule has 12 heavy (non-hydrogen) atoms. The molecule has 0 spiro atoms. The molecule has 1 aliphatic rings. The lowest BCUT2D eigenvalue weighted by Crippen LogP contribution is -2.20. The maximum Gasteiger partial charge on any atom is 0.330 e. The summed E-state index contributed by atoms with van der Waals surface area (Å²) >= 11 is 0. The molecular weight excluding hydrogens is 156 g/mol. The summed E-state index contributed by atoms with van der Waals surface area (Å²) in [5.41, 5.74) is 0.711. The number of carbonyl (C=O) groups is 1. The van der Waals surface area contributed by atoms with Gasteiger partial charge in [0.15, 0.2) is 0 Å². The lowest BCUT2D eigenvalue weighted by atomic mass is 9.98. The summed E-state index contributed by atoms with van der Waals surface area (Å²) < 4.78 is 9.96. The molecule has 0 N–H and O–H groups in total. The van der Waals surface area contributed by atoms with Crippen LogP contribution in [0.15, 0.2) is 11.6 Å². The van der Waals surface area contributed by atoms with Gasteiger partial charge in [0.1, 0.15) is 0 Å². The van der Waals surface area contributed by atoms with Crippen molar-refractivity contribution >= 4 is 5.97 Å². The molecule has 68 valence electrons. The predicted molar refractivity (Wildman–Crippen MR) is 44.7 cm³/mol. The number of methoxy groups -OCH3 is 1. The van der Waals surface area contributed by atoms with Gasteiger partial charge in [0.2, 0.25) is 0 Å². The van der Waals surface area contributed by atoms with E-state index in [1.807, 2.05) is 13.8 Å². The molecule has 1 rings (SSSR count). The zero-order chi connectivity index (χ0) is 9.19. The van der Waals surface area contributed by atoms with Crippen LogP contribution in [0.3, 0.4) is 0 Å². The first kappa shape index (κ1) is 9.26. The Morgan fingerprint density at radius 2 is 2.33 bits per heavy atom. The van der Waals surface area contributed by atoms with Crippen LogP contribution in [0.25, 0.3) is 0 Å². The number of esters is 1. The van der Waals surface area contributed by atoms with Gasteiger partial charge in [-0.15, -0.1) is 0 Å². The van der Waals surface area contributed by atoms with E-state index in [1.54, 1.807) is 0 Å². The van der Waals surface area contributed by atoms with Gasteiger partial charge in [0, 0.05) is 6.08 Å². The fraction of sp³-hybridized carbons (Fsp3) is 0.667. The molecule has 0 radical (unpaired) electrons. The van der Waals surface area contributed by atoms with Gasteiger partial charge in [-0.3, -0.25) is 0 Å². The Morgan fingerprint density at radius 1 is 1.67 bits per heavy atom. The predicted octanol–water partition coefficient (Wildman–Crippen LogP) is 1.28. The van der Waals surface area contributed by atoms with Gasteiger partial charge in [-0.25, -0.2) is 4.79 Å². The van der Waals surface area contributed by atoms with E-state index in [4.69, 9.17) is 4.74 Å². The van der Waals surface area contributed by atoms with E-state index < -0.39 is 0 Å². The van der Waals surface area contributed by atoms with E-state index in [1.165, 1.54) is 13.2 Å². The van der Waals surface area contributed by atoms with Crippen LogP contribution in [-0.4, -0.2) is 25.3 Å². The van der Waals surface area contributed by atoms with Gasteiger partial charge in [0.25, 0.3) is 0 Å². The van der Waals surface area contributed by atoms with Crippen LogP contribution in [-0.2, 0) is 14.3 Å². The normalized spacial score (nSPS) is 24.4. The average molecular weight is 170 g/mol. The molecule has 0 bridgehead atoms. The lowest BCUT2D eigenvalue weighted by molar-refractivity contribution is -0.135. The Bertz CT molecular complexity index is 216. The zero-order valence-corrected chi connectivity index (χ0v) is 7.72. The van der Waals surface area contributed by atoms with Gasteiger partial charge >= 0.3 is 5.97 Å². The number of ether oxygens (including phenoxy) is 2. The van der Waals surface area contributed by atoms with Gasteiger partial charge in [0.05, 0.1) is 19.3 Å². The number of hydrogen-bond donors (Lipinski definition) is 0. The second kappa shape index (κ2) is 3.27. The summed E-state index contributed by atoms with van der Waals surface area (Å²) in [6, 6.07) is 0. The minimum atomic E-state index is -0.302. The largest absolute Gasteiger partial charge is 0.466 e. The van der Waals surface area contributed by atoms with Crippen molar-refractivity contribution in [3.8, 4) is 0 Å². The van der Waals surface area contributed by atoms with Crippen LogP contribution in [0.4, 0.5) is 0 Å². The molecule has 0 unspecified atom stereocenters. The van der Waals surface area contributed by atoms with Crippen LogP contribution in [0.1, 0.15) is 20.3 Å². The van der Waals surface area contributed by atoms with Crippen molar-refractivity contribution in [3.63, 3.8) is 0 Å². The first-order valence-electron chi connectivity index (χ1n) is 3.99. The number of hydrogen-bond acceptors (Lipinski definition) is 3. The molecule has 0 aromatic rings. The maximum absolute atomic E-state index is 10.9. The second-order valence-corrected chi connectivity index (χ2v) is 3.30. The summed E-state index contributed by atoms with van der Waals surface area (Å²) in [5.74, 6) is -0.302. The molecule has 3 heteroatoms. The third kappa shape index (κ3) is 1.85. The van der Waals surface area contributed by atoms with Crippen molar-refractivity contribution in [1.82, 2.24) is 0 Å². The molecule has 1 heterocycles. The topological polar surface area (TPSA) is 35.5 Å². The van der Waals surface area contributed by atoms with E-state index in [0.29, 0.717) is 6.61 Å². The second-order valence-electron chi connectivity index (χ2n) is 3.30. The molecule has 1 aliphatic heterocycles. The molecule has 0 aromatic heterocycles. The third-order valence-corrected chi connectivity index (χ3v) is 2.10. The minimum absolute atomic E-state index is 0.297. The fourth-order valence-electron chi connectivity index (χ4n) is 1.26. The van der Waals surface area contributed by atoms with Crippen LogP contribution in [0.2, 0.25) is 0 Å². The van der Waals surface area contributed by atoms with Crippen molar-refractivity contribution in [2.24, 2.45) is 0 Å².